The van der Waals surface area contributed by atoms with E-state index in [-0.39, 0.29) is 6.42 Å². The molecule has 0 saturated heterocycles. The molecular formula is C12H16F3NO. The van der Waals surface area contributed by atoms with E-state index in [0.29, 0.717) is 17.9 Å². The number of hydrogen-bond acceptors (Lipinski definition) is 2. The first-order chi connectivity index (χ1) is 7.92. The van der Waals surface area contributed by atoms with E-state index >= 15 is 0 Å². The maximum atomic E-state index is 12.0. The van der Waals surface area contributed by atoms with Crippen molar-refractivity contribution in [3.05, 3.63) is 29.8 Å². The molecule has 0 aromatic heterocycles. The molecule has 96 valence electrons. The molecule has 0 amide bonds. The molecule has 0 aliphatic rings. The van der Waals surface area contributed by atoms with Gasteiger partial charge in [0, 0.05) is 12.5 Å². The van der Waals surface area contributed by atoms with Gasteiger partial charge in [-0.05, 0) is 31.0 Å². The minimum absolute atomic E-state index is 0.0997. The maximum absolute atomic E-state index is 12.0. The highest BCUT2D eigenvalue weighted by Crippen LogP contribution is 2.27. The number of alkyl halides is 3. The Bertz CT molecular complexity index is 335. The zero-order valence-corrected chi connectivity index (χ0v) is 9.63. The summed E-state index contributed by atoms with van der Waals surface area (Å²) in [6.45, 7) is 2.42. The average molecular weight is 247 g/mol. The Hall–Kier alpha value is -1.23. The number of hydrogen-bond donors (Lipinski definition) is 1. The Morgan fingerprint density at radius 1 is 1.24 bits per heavy atom. The molecule has 2 N–H and O–H groups in total. The molecule has 1 rings (SSSR count). The van der Waals surface area contributed by atoms with Crippen LogP contribution < -0.4 is 10.5 Å². The molecule has 0 radical (unpaired) electrons. The zero-order valence-electron chi connectivity index (χ0n) is 9.63. The van der Waals surface area contributed by atoms with Crippen molar-refractivity contribution < 1.29 is 17.9 Å². The second-order valence-electron chi connectivity index (χ2n) is 3.76. The minimum Gasteiger partial charge on any atom is -0.494 e. The summed E-state index contributed by atoms with van der Waals surface area (Å²) in [4.78, 5) is 0. The summed E-state index contributed by atoms with van der Waals surface area (Å²) in [7, 11) is 0. The molecular weight excluding hydrogens is 231 g/mol. The summed E-state index contributed by atoms with van der Waals surface area (Å²) in [6, 6.07) is 6.24. The summed E-state index contributed by atoms with van der Waals surface area (Å²) in [6.07, 6.45) is -5.11. The van der Waals surface area contributed by atoms with Gasteiger partial charge in [-0.1, -0.05) is 12.1 Å². The van der Waals surface area contributed by atoms with Crippen molar-refractivity contribution in [1.82, 2.24) is 0 Å². The van der Waals surface area contributed by atoms with E-state index in [4.69, 9.17) is 10.5 Å². The van der Waals surface area contributed by atoms with Crippen LogP contribution >= 0.6 is 0 Å². The number of benzene rings is 1. The highest BCUT2D eigenvalue weighted by molar-refractivity contribution is 5.28. The van der Waals surface area contributed by atoms with Gasteiger partial charge in [-0.15, -0.1) is 0 Å². The first-order valence-electron chi connectivity index (χ1n) is 5.47. The van der Waals surface area contributed by atoms with Crippen LogP contribution in [-0.2, 0) is 0 Å². The predicted molar refractivity (Wildman–Crippen MR) is 59.8 cm³/mol. The summed E-state index contributed by atoms with van der Waals surface area (Å²) in [5.74, 6) is 0.694. The Morgan fingerprint density at radius 3 is 2.29 bits per heavy atom. The third kappa shape index (κ3) is 5.08. The third-order valence-electron chi connectivity index (χ3n) is 2.36. The Labute approximate surface area is 98.6 Å². The highest BCUT2D eigenvalue weighted by atomic mass is 19.4. The summed E-state index contributed by atoms with van der Waals surface area (Å²) in [5.41, 5.74) is 6.38. The van der Waals surface area contributed by atoms with Gasteiger partial charge in [-0.2, -0.15) is 13.2 Å². The average Bonchev–Trinajstić information content (AvgIpc) is 2.26. The molecule has 0 saturated carbocycles. The summed E-state index contributed by atoms with van der Waals surface area (Å²) in [5, 5.41) is 0. The van der Waals surface area contributed by atoms with Crippen molar-refractivity contribution in [3.8, 4) is 5.75 Å². The topological polar surface area (TPSA) is 35.2 Å². The van der Waals surface area contributed by atoms with Gasteiger partial charge in [-0.25, -0.2) is 0 Å². The Kier molecular flexibility index (Phi) is 4.81. The van der Waals surface area contributed by atoms with E-state index in [9.17, 15) is 13.2 Å². The van der Waals surface area contributed by atoms with Crippen molar-refractivity contribution in [2.45, 2.75) is 32.0 Å². The van der Waals surface area contributed by atoms with Crippen molar-refractivity contribution in [2.24, 2.45) is 5.73 Å². The molecule has 1 aromatic rings. The fourth-order valence-electron chi connectivity index (χ4n) is 1.46. The molecule has 0 aliphatic heterocycles. The monoisotopic (exact) mass is 247 g/mol. The lowest BCUT2D eigenvalue weighted by atomic mass is 10.0. The lowest BCUT2D eigenvalue weighted by molar-refractivity contribution is -0.136. The van der Waals surface area contributed by atoms with Gasteiger partial charge in [0.25, 0.3) is 0 Å². The Morgan fingerprint density at radius 2 is 1.82 bits per heavy atom. The summed E-state index contributed by atoms with van der Waals surface area (Å²) < 4.78 is 41.3. The van der Waals surface area contributed by atoms with Gasteiger partial charge in [-0.3, -0.25) is 0 Å². The first kappa shape index (κ1) is 13.8. The van der Waals surface area contributed by atoms with Gasteiger partial charge in [0.1, 0.15) is 5.75 Å². The predicted octanol–water partition coefficient (Wildman–Crippen LogP) is 3.43. The van der Waals surface area contributed by atoms with E-state index in [1.165, 1.54) is 0 Å². The van der Waals surface area contributed by atoms with Crippen molar-refractivity contribution in [3.63, 3.8) is 0 Å². The van der Waals surface area contributed by atoms with Crippen LogP contribution in [0.4, 0.5) is 13.2 Å². The molecule has 5 heteroatoms. The molecule has 17 heavy (non-hydrogen) atoms. The molecule has 0 spiro atoms. The van der Waals surface area contributed by atoms with Gasteiger partial charge in [0.05, 0.1) is 6.61 Å². The standard InChI is InChI=1S/C12H16F3NO/c1-2-17-10-5-3-9(4-6-10)11(16)7-8-12(13,14)15/h3-6,11H,2,7-8,16H2,1H3. The SMILES string of the molecule is CCOc1ccc(C(N)CCC(F)(F)F)cc1. The highest BCUT2D eigenvalue weighted by Gasteiger charge is 2.27. The first-order valence-corrected chi connectivity index (χ1v) is 5.47. The molecule has 0 aliphatic carbocycles. The quantitative estimate of drug-likeness (QED) is 0.865. The van der Waals surface area contributed by atoms with Gasteiger partial charge in [0.15, 0.2) is 0 Å². The molecule has 1 atom stereocenters. The Balaban J connectivity index is 2.54. The van der Waals surface area contributed by atoms with E-state index in [1.807, 2.05) is 6.92 Å². The minimum atomic E-state index is -4.15. The van der Waals surface area contributed by atoms with E-state index in [2.05, 4.69) is 0 Å². The summed E-state index contributed by atoms with van der Waals surface area (Å²) >= 11 is 0. The fraction of sp³-hybridized carbons (Fsp3) is 0.500. The number of nitrogens with two attached hydrogens (primary N) is 1. The van der Waals surface area contributed by atoms with Gasteiger partial charge in [0.2, 0.25) is 0 Å². The van der Waals surface area contributed by atoms with Crippen molar-refractivity contribution >= 4 is 0 Å². The number of ether oxygens (including phenoxy) is 1. The zero-order chi connectivity index (χ0) is 12.9. The van der Waals surface area contributed by atoms with E-state index in [0.717, 1.165) is 0 Å². The van der Waals surface area contributed by atoms with Crippen LogP contribution in [0.15, 0.2) is 24.3 Å². The second-order valence-corrected chi connectivity index (χ2v) is 3.76. The van der Waals surface area contributed by atoms with Crippen LogP contribution in [0.2, 0.25) is 0 Å². The molecule has 2 nitrogen and oxygen atoms in total. The van der Waals surface area contributed by atoms with Crippen LogP contribution in [-0.4, -0.2) is 12.8 Å². The third-order valence-corrected chi connectivity index (χ3v) is 2.36. The normalized spacial score (nSPS) is 13.5. The second kappa shape index (κ2) is 5.91. The maximum Gasteiger partial charge on any atom is 0.389 e. The molecule has 0 heterocycles. The lowest BCUT2D eigenvalue weighted by Crippen LogP contribution is -2.15. The smallest absolute Gasteiger partial charge is 0.389 e. The number of rotatable bonds is 5. The van der Waals surface area contributed by atoms with E-state index < -0.39 is 18.6 Å². The largest absolute Gasteiger partial charge is 0.494 e. The van der Waals surface area contributed by atoms with Crippen LogP contribution in [0, 0.1) is 0 Å². The molecule has 0 fully saturated rings. The van der Waals surface area contributed by atoms with Crippen LogP contribution in [0.25, 0.3) is 0 Å². The van der Waals surface area contributed by atoms with Crippen molar-refractivity contribution in [1.29, 1.82) is 0 Å². The van der Waals surface area contributed by atoms with Crippen LogP contribution in [0.3, 0.4) is 0 Å². The molecule has 1 unspecified atom stereocenters. The molecule has 1 aromatic carbocycles. The number of halogens is 3. The van der Waals surface area contributed by atoms with E-state index in [1.54, 1.807) is 24.3 Å². The van der Waals surface area contributed by atoms with Crippen molar-refractivity contribution in [2.75, 3.05) is 6.61 Å². The van der Waals surface area contributed by atoms with Crippen LogP contribution in [0.1, 0.15) is 31.4 Å². The molecule has 0 bridgehead atoms. The van der Waals surface area contributed by atoms with Gasteiger partial charge >= 0.3 is 6.18 Å². The van der Waals surface area contributed by atoms with Crippen LogP contribution in [0.5, 0.6) is 5.75 Å². The fourth-order valence-corrected chi connectivity index (χ4v) is 1.46. The lowest BCUT2D eigenvalue weighted by Gasteiger charge is -2.14. The van der Waals surface area contributed by atoms with Gasteiger partial charge < -0.3 is 10.5 Å².